The number of aliphatic hydroxyl groups excluding tert-OH is 1. The van der Waals surface area contributed by atoms with Gasteiger partial charge < -0.3 is 15.0 Å². The van der Waals surface area contributed by atoms with E-state index in [1.165, 1.54) is 0 Å². The Balaban J connectivity index is 1.68. The number of fused-ring (bicyclic) bond motifs is 4. The lowest BCUT2D eigenvalue weighted by Crippen LogP contribution is -2.37. The van der Waals surface area contributed by atoms with Crippen molar-refractivity contribution >= 4 is 38.3 Å². The Morgan fingerprint density at radius 2 is 1.97 bits per heavy atom. The summed E-state index contributed by atoms with van der Waals surface area (Å²) in [5.74, 6) is 0.0107. The molecule has 5 nitrogen and oxygen atoms in total. The summed E-state index contributed by atoms with van der Waals surface area (Å²) in [4.78, 5) is 19.3. The van der Waals surface area contributed by atoms with Gasteiger partial charge in [-0.2, -0.15) is 5.26 Å². The fourth-order valence-corrected chi connectivity index (χ4v) is 5.45. The molecule has 30 heavy (non-hydrogen) atoms. The number of aromatic nitrogens is 1. The summed E-state index contributed by atoms with van der Waals surface area (Å²) in [6.07, 6.45) is 1.27. The number of carbonyl (C=O) groups excluding carboxylic acids is 1. The van der Waals surface area contributed by atoms with Crippen LogP contribution in [0.2, 0.25) is 0 Å². The number of piperidine rings is 1. The number of carbonyl (C=O) groups is 1. The van der Waals surface area contributed by atoms with E-state index < -0.39 is 5.41 Å². The van der Waals surface area contributed by atoms with Crippen LogP contribution in [-0.2, 0) is 5.41 Å². The largest absolute Gasteiger partial charge is 0.393 e. The van der Waals surface area contributed by atoms with Crippen LogP contribution < -0.4 is 4.90 Å². The van der Waals surface area contributed by atoms with Gasteiger partial charge in [-0.3, -0.25) is 4.79 Å². The molecule has 0 bridgehead atoms. The van der Waals surface area contributed by atoms with Gasteiger partial charge in [-0.1, -0.05) is 19.9 Å². The molecule has 0 atom stereocenters. The molecule has 0 amide bonds. The van der Waals surface area contributed by atoms with Gasteiger partial charge >= 0.3 is 0 Å². The maximum Gasteiger partial charge on any atom is 0.195 e. The van der Waals surface area contributed by atoms with E-state index in [9.17, 15) is 15.2 Å². The van der Waals surface area contributed by atoms with E-state index in [1.807, 2.05) is 18.2 Å². The molecule has 1 aromatic heterocycles. The predicted octanol–water partition coefficient (Wildman–Crippen LogP) is 4.63. The quantitative estimate of drug-likeness (QED) is 0.550. The number of benzene rings is 2. The maximum absolute atomic E-state index is 13.6. The molecule has 0 radical (unpaired) electrons. The van der Waals surface area contributed by atoms with Crippen molar-refractivity contribution in [1.82, 2.24) is 4.98 Å². The minimum absolute atomic E-state index is 0.0107. The van der Waals surface area contributed by atoms with E-state index in [1.54, 1.807) is 6.07 Å². The number of aromatic amines is 1. The highest BCUT2D eigenvalue weighted by Crippen LogP contribution is 2.46. The van der Waals surface area contributed by atoms with E-state index in [-0.39, 0.29) is 11.9 Å². The summed E-state index contributed by atoms with van der Waals surface area (Å²) in [5, 5.41) is 20.0. The van der Waals surface area contributed by atoms with Crippen LogP contribution in [0, 0.1) is 11.3 Å². The minimum Gasteiger partial charge on any atom is -0.393 e. The lowest BCUT2D eigenvalue weighted by atomic mass is 9.71. The van der Waals surface area contributed by atoms with Crippen molar-refractivity contribution in [2.75, 3.05) is 18.0 Å². The second-order valence-corrected chi connectivity index (χ2v) is 9.62. The summed E-state index contributed by atoms with van der Waals surface area (Å²) in [6, 6.07) is 11.7. The molecule has 1 saturated heterocycles. The zero-order valence-corrected chi connectivity index (χ0v) is 18.5. The van der Waals surface area contributed by atoms with E-state index in [2.05, 4.69) is 51.8 Å². The summed E-state index contributed by atoms with van der Waals surface area (Å²) < 4.78 is 0.900. The van der Waals surface area contributed by atoms with E-state index in [0.29, 0.717) is 16.7 Å². The zero-order chi connectivity index (χ0) is 21.2. The molecule has 2 heterocycles. The van der Waals surface area contributed by atoms with Crippen molar-refractivity contribution in [2.45, 2.75) is 38.2 Å². The SMILES string of the molecule is CC1(C)c2cc(N3CCC(O)CC3)c(Br)cc2C(=O)c2c1[nH]c1cc(C#N)ccc21. The number of hydrogen-bond donors (Lipinski definition) is 2. The third-order valence-electron chi connectivity index (χ3n) is 6.59. The minimum atomic E-state index is -0.394. The summed E-state index contributed by atoms with van der Waals surface area (Å²) in [6.45, 7) is 5.85. The van der Waals surface area contributed by atoms with Gasteiger partial charge in [0.1, 0.15) is 0 Å². The van der Waals surface area contributed by atoms with Crippen LogP contribution in [-0.4, -0.2) is 35.1 Å². The Morgan fingerprint density at radius 1 is 1.23 bits per heavy atom. The van der Waals surface area contributed by atoms with Crippen LogP contribution in [0.3, 0.4) is 0 Å². The number of ketones is 1. The van der Waals surface area contributed by atoms with Gasteiger partial charge in [-0.25, -0.2) is 0 Å². The highest BCUT2D eigenvalue weighted by Gasteiger charge is 2.40. The predicted molar refractivity (Wildman–Crippen MR) is 120 cm³/mol. The monoisotopic (exact) mass is 463 g/mol. The summed E-state index contributed by atoms with van der Waals surface area (Å²) in [5.41, 5.74) is 5.36. The first-order valence-corrected chi connectivity index (χ1v) is 11.0. The topological polar surface area (TPSA) is 80.1 Å². The summed E-state index contributed by atoms with van der Waals surface area (Å²) in [7, 11) is 0. The van der Waals surface area contributed by atoms with Crippen molar-refractivity contribution in [2.24, 2.45) is 0 Å². The standard InChI is InChI=1S/C24H22BrN3O2/c1-24(2)17-11-20(28-7-5-14(29)6-8-28)18(25)10-16(17)22(30)21-15-4-3-13(12-26)9-19(15)27-23(21)24/h3-4,9-11,14,27,29H,5-8H2,1-2H3. The first-order valence-electron chi connectivity index (χ1n) is 10.2. The number of nitrogens with zero attached hydrogens (tertiary/aromatic N) is 2. The third kappa shape index (κ3) is 2.73. The molecule has 3 aromatic rings. The first-order chi connectivity index (χ1) is 14.3. The highest BCUT2D eigenvalue weighted by atomic mass is 79.9. The average Bonchev–Trinajstić information content (AvgIpc) is 3.12. The fourth-order valence-electron chi connectivity index (χ4n) is 4.86. The van der Waals surface area contributed by atoms with Gasteiger partial charge in [0.25, 0.3) is 0 Å². The van der Waals surface area contributed by atoms with Crippen LogP contribution in [0.5, 0.6) is 0 Å². The lowest BCUT2D eigenvalue weighted by molar-refractivity contribution is 0.103. The first kappa shape index (κ1) is 19.3. The number of hydrogen-bond acceptors (Lipinski definition) is 4. The second-order valence-electron chi connectivity index (χ2n) is 8.77. The van der Waals surface area contributed by atoms with Gasteiger partial charge in [-0.05, 0) is 58.6 Å². The number of anilines is 1. The molecular weight excluding hydrogens is 442 g/mol. The fraction of sp³-hybridized carbons (Fsp3) is 0.333. The van der Waals surface area contributed by atoms with Crippen molar-refractivity contribution in [3.05, 3.63) is 62.8 Å². The molecule has 2 N–H and O–H groups in total. The van der Waals surface area contributed by atoms with Crippen LogP contribution in [0.1, 0.15) is 59.4 Å². The summed E-state index contributed by atoms with van der Waals surface area (Å²) >= 11 is 3.69. The molecular formula is C24H22BrN3O2. The van der Waals surface area contributed by atoms with Crippen LogP contribution >= 0.6 is 15.9 Å². The van der Waals surface area contributed by atoms with Crippen molar-refractivity contribution in [1.29, 1.82) is 5.26 Å². The molecule has 5 rings (SSSR count). The molecule has 0 unspecified atom stereocenters. The van der Waals surface area contributed by atoms with Crippen LogP contribution in [0.25, 0.3) is 10.9 Å². The molecule has 2 aliphatic rings. The average molecular weight is 464 g/mol. The van der Waals surface area contributed by atoms with Gasteiger partial charge in [-0.15, -0.1) is 0 Å². The Labute approximate surface area is 183 Å². The molecule has 1 aliphatic carbocycles. The zero-order valence-electron chi connectivity index (χ0n) is 16.9. The Morgan fingerprint density at radius 3 is 2.67 bits per heavy atom. The van der Waals surface area contributed by atoms with Crippen molar-refractivity contribution < 1.29 is 9.90 Å². The maximum atomic E-state index is 13.6. The highest BCUT2D eigenvalue weighted by molar-refractivity contribution is 9.10. The molecule has 2 aromatic carbocycles. The number of rotatable bonds is 1. The number of aliphatic hydroxyl groups is 1. The molecule has 0 saturated carbocycles. The van der Waals surface area contributed by atoms with E-state index in [4.69, 9.17) is 0 Å². The van der Waals surface area contributed by atoms with Gasteiger partial charge in [0, 0.05) is 45.1 Å². The van der Waals surface area contributed by atoms with E-state index >= 15 is 0 Å². The normalized spacial score (nSPS) is 18.2. The third-order valence-corrected chi connectivity index (χ3v) is 7.23. The van der Waals surface area contributed by atoms with E-state index in [0.717, 1.165) is 58.3 Å². The molecule has 0 spiro atoms. The number of H-pyrrole nitrogens is 1. The van der Waals surface area contributed by atoms with Gasteiger partial charge in [0.05, 0.1) is 29.0 Å². The van der Waals surface area contributed by atoms with Crippen LogP contribution in [0.4, 0.5) is 5.69 Å². The van der Waals surface area contributed by atoms with Crippen LogP contribution in [0.15, 0.2) is 34.8 Å². The lowest BCUT2D eigenvalue weighted by Gasteiger charge is -2.36. The van der Waals surface area contributed by atoms with Crippen molar-refractivity contribution in [3.8, 4) is 6.07 Å². The smallest absolute Gasteiger partial charge is 0.195 e. The van der Waals surface area contributed by atoms with Gasteiger partial charge in [0.15, 0.2) is 5.78 Å². The molecule has 152 valence electrons. The van der Waals surface area contributed by atoms with Crippen molar-refractivity contribution in [3.63, 3.8) is 0 Å². The Kier molecular flexibility index (Phi) is 4.32. The Hall–Kier alpha value is -2.62. The number of nitrogens with one attached hydrogen (secondary N) is 1. The molecule has 1 fully saturated rings. The number of nitriles is 1. The molecule has 1 aliphatic heterocycles. The number of halogens is 1. The Bertz CT molecular complexity index is 1240. The van der Waals surface area contributed by atoms with Gasteiger partial charge in [0.2, 0.25) is 0 Å². The molecule has 6 heteroatoms. The second kappa shape index (κ2) is 6.69.